The largest absolute Gasteiger partial charge is 0.481 e. The van der Waals surface area contributed by atoms with Crippen LogP contribution >= 0.6 is 12.4 Å². The molecule has 0 radical (unpaired) electrons. The van der Waals surface area contributed by atoms with Crippen molar-refractivity contribution in [2.24, 2.45) is 11.7 Å². The Hall–Kier alpha value is -3.26. The molecule has 0 aromatic heterocycles. The Labute approximate surface area is 180 Å². The van der Waals surface area contributed by atoms with Crippen molar-refractivity contribution in [3.8, 4) is 11.5 Å². The summed E-state index contributed by atoms with van der Waals surface area (Å²) >= 11 is 0. The Morgan fingerprint density at radius 1 is 1.13 bits per heavy atom. The van der Waals surface area contributed by atoms with E-state index in [-0.39, 0.29) is 31.3 Å². The van der Waals surface area contributed by atoms with Crippen LogP contribution in [0.25, 0.3) is 0 Å². The summed E-state index contributed by atoms with van der Waals surface area (Å²) in [5.41, 5.74) is 5.97. The molecule has 2 unspecified atom stereocenters. The van der Waals surface area contributed by atoms with E-state index in [4.69, 9.17) is 15.6 Å². The maximum atomic E-state index is 12.7. The number of carboxylic acids is 1. The van der Waals surface area contributed by atoms with Crippen molar-refractivity contribution in [3.05, 3.63) is 60.2 Å². The van der Waals surface area contributed by atoms with Crippen molar-refractivity contribution in [1.82, 2.24) is 10.2 Å². The number of urea groups is 1. The number of hydrogen-bond acceptors (Lipinski definition) is 4. The lowest BCUT2D eigenvalue weighted by Gasteiger charge is -2.22. The number of carbonyl (C=O) groups excluding carboxylic acids is 2. The molecule has 9 heteroatoms. The number of aliphatic carboxylic acids is 1. The van der Waals surface area contributed by atoms with Crippen molar-refractivity contribution in [2.45, 2.75) is 18.9 Å². The maximum absolute atomic E-state index is 12.7. The van der Waals surface area contributed by atoms with Crippen molar-refractivity contribution in [2.75, 3.05) is 13.1 Å². The second-order valence-electron chi connectivity index (χ2n) is 6.92. The van der Waals surface area contributed by atoms with Crippen LogP contribution in [-0.4, -0.2) is 41.0 Å². The average molecular weight is 434 g/mol. The van der Waals surface area contributed by atoms with E-state index in [0.717, 1.165) is 0 Å². The van der Waals surface area contributed by atoms with Gasteiger partial charge in [0.25, 0.3) is 0 Å². The number of nitrogens with zero attached hydrogens (tertiary/aromatic N) is 1. The van der Waals surface area contributed by atoms with E-state index in [1.54, 1.807) is 24.3 Å². The topological polar surface area (TPSA) is 122 Å². The number of para-hydroxylation sites is 1. The summed E-state index contributed by atoms with van der Waals surface area (Å²) < 4.78 is 5.81. The lowest BCUT2D eigenvalue weighted by molar-refractivity contribution is -0.141. The number of carboxylic acid groups (broad SMARTS) is 1. The lowest BCUT2D eigenvalue weighted by atomic mass is 10.0. The molecule has 0 bridgehead atoms. The predicted molar refractivity (Wildman–Crippen MR) is 113 cm³/mol. The van der Waals surface area contributed by atoms with Gasteiger partial charge in [0.05, 0.1) is 18.4 Å². The van der Waals surface area contributed by atoms with Crippen LogP contribution in [-0.2, 0) is 9.59 Å². The van der Waals surface area contributed by atoms with Gasteiger partial charge in [0.2, 0.25) is 5.91 Å². The highest BCUT2D eigenvalue weighted by atomic mass is 35.5. The number of nitrogens with one attached hydrogen (secondary N) is 1. The quantitative estimate of drug-likeness (QED) is 0.619. The van der Waals surface area contributed by atoms with Gasteiger partial charge in [-0.25, -0.2) is 4.79 Å². The molecule has 1 heterocycles. The summed E-state index contributed by atoms with van der Waals surface area (Å²) in [4.78, 5) is 36.8. The Bertz CT molecular complexity index is 893. The molecule has 1 fully saturated rings. The molecule has 0 aliphatic carbocycles. The van der Waals surface area contributed by atoms with Gasteiger partial charge in [-0.2, -0.15) is 0 Å². The van der Waals surface area contributed by atoms with E-state index in [0.29, 0.717) is 30.0 Å². The highest BCUT2D eigenvalue weighted by Crippen LogP contribution is 2.27. The standard InChI is InChI=1S/C21H23N3O5.ClH/c22-21(28)23-18(12-19(25)24-10-9-15(13-24)20(26)27)14-5-4-8-17(11-14)29-16-6-2-1-3-7-16;/h1-8,11,15,18H,9-10,12-13H2,(H,26,27)(H3,22,23,28);1H. The number of primary amides is 1. The number of ether oxygens (including phenoxy) is 1. The molecule has 8 nitrogen and oxygen atoms in total. The number of halogens is 1. The van der Waals surface area contributed by atoms with Crippen LogP contribution in [0.2, 0.25) is 0 Å². The van der Waals surface area contributed by atoms with Gasteiger partial charge in [-0.15, -0.1) is 12.4 Å². The number of amides is 3. The van der Waals surface area contributed by atoms with E-state index in [2.05, 4.69) is 5.32 Å². The number of carbonyl (C=O) groups is 3. The molecule has 2 aromatic carbocycles. The second kappa shape index (κ2) is 10.5. The SMILES string of the molecule is Cl.NC(=O)NC(CC(=O)N1CCC(C(=O)O)C1)c1cccc(Oc2ccccc2)c1. The van der Waals surface area contributed by atoms with Gasteiger partial charge >= 0.3 is 12.0 Å². The molecular weight excluding hydrogens is 410 g/mol. The molecule has 30 heavy (non-hydrogen) atoms. The van der Waals surface area contributed by atoms with Gasteiger partial charge < -0.3 is 25.8 Å². The fourth-order valence-corrected chi connectivity index (χ4v) is 3.34. The number of likely N-dealkylation sites (tertiary alicyclic amines) is 1. The third kappa shape index (κ3) is 6.12. The van der Waals surface area contributed by atoms with Crippen molar-refractivity contribution >= 4 is 30.3 Å². The molecule has 0 spiro atoms. The van der Waals surface area contributed by atoms with Crippen LogP contribution in [0.5, 0.6) is 11.5 Å². The summed E-state index contributed by atoms with van der Waals surface area (Å²) in [7, 11) is 0. The van der Waals surface area contributed by atoms with E-state index >= 15 is 0 Å². The van der Waals surface area contributed by atoms with E-state index in [1.165, 1.54) is 4.90 Å². The maximum Gasteiger partial charge on any atom is 0.312 e. The zero-order valence-corrected chi connectivity index (χ0v) is 17.0. The zero-order chi connectivity index (χ0) is 20.8. The highest BCUT2D eigenvalue weighted by molar-refractivity contribution is 5.85. The fraction of sp³-hybridized carbons (Fsp3) is 0.286. The molecule has 0 saturated carbocycles. The minimum atomic E-state index is -0.905. The molecule has 1 saturated heterocycles. The molecule has 2 aromatic rings. The van der Waals surface area contributed by atoms with Crippen LogP contribution in [0.1, 0.15) is 24.4 Å². The Morgan fingerprint density at radius 2 is 1.83 bits per heavy atom. The molecule has 160 valence electrons. The van der Waals surface area contributed by atoms with Gasteiger partial charge in [0.1, 0.15) is 11.5 Å². The molecule has 2 atom stereocenters. The fourth-order valence-electron chi connectivity index (χ4n) is 3.34. The molecule has 3 amide bonds. The molecule has 4 N–H and O–H groups in total. The van der Waals surface area contributed by atoms with Crippen LogP contribution in [0, 0.1) is 5.92 Å². The first-order valence-electron chi connectivity index (χ1n) is 9.32. The van der Waals surface area contributed by atoms with Crippen molar-refractivity contribution < 1.29 is 24.2 Å². The van der Waals surface area contributed by atoms with E-state index < -0.39 is 24.0 Å². The van der Waals surface area contributed by atoms with E-state index in [9.17, 15) is 14.4 Å². The molecular formula is C21H24ClN3O5. The number of rotatable bonds is 7. The van der Waals surface area contributed by atoms with Crippen LogP contribution in [0.15, 0.2) is 54.6 Å². The first-order valence-corrected chi connectivity index (χ1v) is 9.32. The lowest BCUT2D eigenvalue weighted by Crippen LogP contribution is -2.38. The normalized spacial score (nSPS) is 16.3. The van der Waals surface area contributed by atoms with Crippen molar-refractivity contribution in [1.29, 1.82) is 0 Å². The predicted octanol–water partition coefficient (Wildman–Crippen LogP) is 2.93. The van der Waals surface area contributed by atoms with Crippen LogP contribution < -0.4 is 15.8 Å². The number of benzene rings is 2. The Kier molecular flexibility index (Phi) is 8.06. The van der Waals surface area contributed by atoms with Gasteiger partial charge in [-0.3, -0.25) is 9.59 Å². The summed E-state index contributed by atoms with van der Waals surface area (Å²) in [6.45, 7) is 0.560. The zero-order valence-electron chi connectivity index (χ0n) is 16.2. The molecule has 1 aliphatic heterocycles. The molecule has 3 rings (SSSR count). The Morgan fingerprint density at radius 3 is 2.47 bits per heavy atom. The first kappa shape index (κ1) is 23.0. The minimum absolute atomic E-state index is 0. The summed E-state index contributed by atoms with van der Waals surface area (Å²) in [5, 5.41) is 11.7. The summed E-state index contributed by atoms with van der Waals surface area (Å²) in [5.74, 6) is -0.467. The van der Waals surface area contributed by atoms with Gasteiger partial charge in [-0.1, -0.05) is 30.3 Å². The number of nitrogens with two attached hydrogens (primary N) is 1. The third-order valence-electron chi connectivity index (χ3n) is 4.82. The van der Waals surface area contributed by atoms with Crippen LogP contribution in [0.4, 0.5) is 4.79 Å². The highest BCUT2D eigenvalue weighted by Gasteiger charge is 2.32. The van der Waals surface area contributed by atoms with Crippen molar-refractivity contribution in [3.63, 3.8) is 0 Å². The van der Waals surface area contributed by atoms with E-state index in [1.807, 2.05) is 30.3 Å². The molecule has 1 aliphatic rings. The first-order chi connectivity index (χ1) is 13.9. The third-order valence-corrected chi connectivity index (χ3v) is 4.82. The Balaban J connectivity index is 0.00000320. The number of hydrogen-bond donors (Lipinski definition) is 3. The summed E-state index contributed by atoms with van der Waals surface area (Å²) in [6.07, 6.45) is 0.402. The van der Waals surface area contributed by atoms with Gasteiger partial charge in [-0.05, 0) is 36.2 Å². The summed E-state index contributed by atoms with van der Waals surface area (Å²) in [6, 6.07) is 14.9. The minimum Gasteiger partial charge on any atom is -0.481 e. The van der Waals surface area contributed by atoms with Gasteiger partial charge in [0.15, 0.2) is 0 Å². The second-order valence-corrected chi connectivity index (χ2v) is 6.92. The van der Waals surface area contributed by atoms with Crippen LogP contribution in [0.3, 0.4) is 0 Å². The van der Waals surface area contributed by atoms with Gasteiger partial charge in [0, 0.05) is 13.1 Å². The smallest absolute Gasteiger partial charge is 0.312 e. The monoisotopic (exact) mass is 433 g/mol. The average Bonchev–Trinajstić information content (AvgIpc) is 3.19.